The summed E-state index contributed by atoms with van der Waals surface area (Å²) in [6, 6.07) is 0. The van der Waals surface area contributed by atoms with Gasteiger partial charge in [-0.25, -0.2) is 8.42 Å². The summed E-state index contributed by atoms with van der Waals surface area (Å²) in [5.74, 6) is -0.0997. The molecule has 2 unspecified atom stereocenters. The summed E-state index contributed by atoms with van der Waals surface area (Å²) in [6.45, 7) is 10.4. The number of piperidine rings is 1. The van der Waals surface area contributed by atoms with Crippen molar-refractivity contribution < 1.29 is 13.2 Å². The number of H-pyrrole nitrogens is 1. The highest BCUT2D eigenvalue weighted by molar-refractivity contribution is 7.89. The van der Waals surface area contributed by atoms with Gasteiger partial charge < -0.3 is 11.1 Å². The van der Waals surface area contributed by atoms with E-state index in [-0.39, 0.29) is 23.3 Å². The number of amides is 1. The van der Waals surface area contributed by atoms with Crippen molar-refractivity contribution in [3.8, 4) is 0 Å². The number of aryl methyl sites for hydroxylation is 2. The van der Waals surface area contributed by atoms with Crippen molar-refractivity contribution in [1.82, 2.24) is 19.8 Å². The van der Waals surface area contributed by atoms with E-state index in [1.807, 2.05) is 6.92 Å². The van der Waals surface area contributed by atoms with Crippen molar-refractivity contribution in [2.24, 2.45) is 17.6 Å². The quantitative estimate of drug-likeness (QED) is 0.638. The Hall–Kier alpha value is -1.45. The van der Waals surface area contributed by atoms with Gasteiger partial charge in [0.1, 0.15) is 4.90 Å². The van der Waals surface area contributed by atoms with Crippen LogP contribution in [-0.2, 0) is 14.8 Å². The van der Waals surface area contributed by atoms with Crippen LogP contribution in [0.25, 0.3) is 0 Å². The zero-order valence-corrected chi connectivity index (χ0v) is 17.8. The van der Waals surface area contributed by atoms with Crippen LogP contribution in [0.15, 0.2) is 4.90 Å². The molecule has 0 spiro atoms. The standard InChI is InChI=1S/C18H33N5O3S/c1-12(2)9-18(5,11-19)20-17(24)15-7-6-8-23(10-15)27(25,26)16-13(3)21-22-14(16)4/h12,15H,6-11,19H2,1-5H3,(H,20,24)(H,21,22). The van der Waals surface area contributed by atoms with Gasteiger partial charge in [-0.1, -0.05) is 13.8 Å². The largest absolute Gasteiger partial charge is 0.349 e. The molecule has 1 aromatic heterocycles. The van der Waals surface area contributed by atoms with Gasteiger partial charge in [-0.3, -0.25) is 9.89 Å². The third-order valence-electron chi connectivity index (χ3n) is 5.15. The van der Waals surface area contributed by atoms with Crippen LogP contribution in [0.2, 0.25) is 0 Å². The third-order valence-corrected chi connectivity index (χ3v) is 7.28. The lowest BCUT2D eigenvalue weighted by atomic mass is 9.89. The number of nitrogens with zero attached hydrogens (tertiary/aromatic N) is 2. The Morgan fingerprint density at radius 3 is 2.63 bits per heavy atom. The zero-order valence-electron chi connectivity index (χ0n) is 17.0. The Balaban J connectivity index is 2.15. The molecular formula is C18H33N5O3S. The van der Waals surface area contributed by atoms with Crippen molar-refractivity contribution in [2.45, 2.75) is 64.3 Å². The first-order valence-electron chi connectivity index (χ1n) is 9.54. The summed E-state index contributed by atoms with van der Waals surface area (Å²) in [5.41, 5.74) is 6.38. The fraction of sp³-hybridized carbons (Fsp3) is 0.778. The molecule has 1 fully saturated rings. The van der Waals surface area contributed by atoms with E-state index in [9.17, 15) is 13.2 Å². The maximum absolute atomic E-state index is 13.1. The van der Waals surface area contributed by atoms with E-state index in [0.717, 1.165) is 6.42 Å². The number of hydrogen-bond acceptors (Lipinski definition) is 5. The minimum absolute atomic E-state index is 0.121. The molecule has 0 aliphatic carbocycles. The first kappa shape index (κ1) is 21.8. The molecule has 0 bridgehead atoms. The number of carbonyl (C=O) groups excluding carboxylic acids is 1. The van der Waals surface area contributed by atoms with Crippen LogP contribution < -0.4 is 11.1 Å². The van der Waals surface area contributed by atoms with Gasteiger partial charge in [0.05, 0.1) is 17.3 Å². The molecule has 1 aliphatic rings. The topological polar surface area (TPSA) is 121 Å². The lowest BCUT2D eigenvalue weighted by Gasteiger charge is -2.36. The third kappa shape index (κ3) is 4.89. The van der Waals surface area contributed by atoms with E-state index in [4.69, 9.17) is 5.73 Å². The van der Waals surface area contributed by atoms with E-state index >= 15 is 0 Å². The SMILES string of the molecule is Cc1n[nH]c(C)c1S(=O)(=O)N1CCCC(C(=O)NC(C)(CN)CC(C)C)C1. The lowest BCUT2D eigenvalue weighted by Crippen LogP contribution is -2.55. The number of sulfonamides is 1. The maximum atomic E-state index is 13.1. The number of nitrogens with two attached hydrogens (primary N) is 1. The van der Waals surface area contributed by atoms with Crippen molar-refractivity contribution in [3.63, 3.8) is 0 Å². The molecule has 9 heteroatoms. The smallest absolute Gasteiger partial charge is 0.246 e. The molecule has 1 saturated heterocycles. The molecule has 4 N–H and O–H groups in total. The van der Waals surface area contributed by atoms with Crippen molar-refractivity contribution >= 4 is 15.9 Å². The van der Waals surface area contributed by atoms with E-state index in [2.05, 4.69) is 29.4 Å². The summed E-state index contributed by atoms with van der Waals surface area (Å²) in [4.78, 5) is 13.1. The summed E-state index contributed by atoms with van der Waals surface area (Å²) in [6.07, 6.45) is 2.09. The molecule has 154 valence electrons. The van der Waals surface area contributed by atoms with Crippen LogP contribution in [0.5, 0.6) is 0 Å². The van der Waals surface area contributed by atoms with Gasteiger partial charge >= 0.3 is 0 Å². The highest BCUT2D eigenvalue weighted by Gasteiger charge is 2.37. The molecule has 8 nitrogen and oxygen atoms in total. The predicted octanol–water partition coefficient (Wildman–Crippen LogP) is 1.31. The number of nitrogens with one attached hydrogen (secondary N) is 2. The Labute approximate surface area is 162 Å². The molecule has 1 amide bonds. The van der Waals surface area contributed by atoms with E-state index in [1.165, 1.54) is 4.31 Å². The van der Waals surface area contributed by atoms with Crippen LogP contribution in [-0.4, -0.2) is 54.0 Å². The molecule has 27 heavy (non-hydrogen) atoms. The normalized spacial score (nSPS) is 21.2. The predicted molar refractivity (Wildman–Crippen MR) is 105 cm³/mol. The first-order chi connectivity index (χ1) is 12.5. The van der Waals surface area contributed by atoms with Gasteiger partial charge in [0.15, 0.2) is 0 Å². The number of aromatic amines is 1. The molecule has 0 saturated carbocycles. The molecule has 2 heterocycles. The van der Waals surface area contributed by atoms with Crippen LogP contribution in [0.4, 0.5) is 0 Å². The second-order valence-corrected chi connectivity index (χ2v) is 10.2. The van der Waals surface area contributed by atoms with E-state index in [1.54, 1.807) is 13.8 Å². The van der Waals surface area contributed by atoms with Gasteiger partial charge in [0.25, 0.3) is 0 Å². The Kier molecular flexibility index (Phi) is 6.70. The molecule has 1 aromatic rings. The minimum Gasteiger partial charge on any atom is -0.349 e. The van der Waals surface area contributed by atoms with E-state index in [0.29, 0.717) is 43.2 Å². The number of hydrogen-bond donors (Lipinski definition) is 3. The number of rotatable bonds is 7. The van der Waals surface area contributed by atoms with Crippen LogP contribution in [0.1, 0.15) is 51.4 Å². The van der Waals surface area contributed by atoms with Gasteiger partial charge in [-0.2, -0.15) is 9.40 Å². The Morgan fingerprint density at radius 1 is 1.44 bits per heavy atom. The van der Waals surface area contributed by atoms with E-state index < -0.39 is 15.6 Å². The average molecular weight is 400 g/mol. The summed E-state index contributed by atoms with van der Waals surface area (Å²) in [5, 5.41) is 9.79. The maximum Gasteiger partial charge on any atom is 0.246 e. The molecule has 0 radical (unpaired) electrons. The Bertz CT molecular complexity index is 754. The summed E-state index contributed by atoms with van der Waals surface area (Å²) in [7, 11) is -3.68. The molecule has 0 aromatic carbocycles. The van der Waals surface area contributed by atoms with Gasteiger partial charge in [0, 0.05) is 25.2 Å². The average Bonchev–Trinajstić information content (AvgIpc) is 2.93. The second kappa shape index (κ2) is 8.28. The number of aromatic nitrogens is 2. The molecule has 2 atom stereocenters. The van der Waals surface area contributed by atoms with Crippen LogP contribution in [0.3, 0.4) is 0 Å². The van der Waals surface area contributed by atoms with Gasteiger partial charge in [-0.05, 0) is 46.0 Å². The second-order valence-electron chi connectivity index (χ2n) is 8.32. The summed E-state index contributed by atoms with van der Waals surface area (Å²) >= 11 is 0. The van der Waals surface area contributed by atoms with Crippen molar-refractivity contribution in [3.05, 3.63) is 11.4 Å². The van der Waals surface area contributed by atoms with Crippen LogP contribution in [0, 0.1) is 25.7 Å². The van der Waals surface area contributed by atoms with Crippen molar-refractivity contribution in [1.29, 1.82) is 0 Å². The molecule has 2 rings (SSSR count). The molecular weight excluding hydrogens is 366 g/mol. The zero-order chi connectivity index (χ0) is 20.4. The minimum atomic E-state index is -3.68. The first-order valence-corrected chi connectivity index (χ1v) is 11.0. The van der Waals surface area contributed by atoms with Crippen molar-refractivity contribution in [2.75, 3.05) is 19.6 Å². The van der Waals surface area contributed by atoms with Gasteiger partial charge in [-0.15, -0.1) is 0 Å². The lowest BCUT2D eigenvalue weighted by molar-refractivity contribution is -0.128. The fourth-order valence-corrected chi connectivity index (χ4v) is 5.77. The fourth-order valence-electron chi connectivity index (χ4n) is 3.91. The monoisotopic (exact) mass is 399 g/mol. The number of carbonyl (C=O) groups is 1. The van der Waals surface area contributed by atoms with Crippen LogP contribution >= 0.6 is 0 Å². The summed E-state index contributed by atoms with van der Waals surface area (Å²) < 4.78 is 27.5. The molecule has 1 aliphatic heterocycles. The highest BCUT2D eigenvalue weighted by atomic mass is 32.2. The highest BCUT2D eigenvalue weighted by Crippen LogP contribution is 2.27. The Morgan fingerprint density at radius 2 is 2.11 bits per heavy atom. The van der Waals surface area contributed by atoms with Gasteiger partial charge in [0.2, 0.25) is 15.9 Å².